The molecule has 24 heavy (non-hydrogen) atoms. The summed E-state index contributed by atoms with van der Waals surface area (Å²) in [6.45, 7) is 10.0. The molecule has 136 valence electrons. The number of nitrogens with zero attached hydrogens (tertiary/aromatic N) is 3. The third kappa shape index (κ3) is 4.46. The maximum Gasteiger partial charge on any atom is 0.239 e. The molecule has 0 bridgehead atoms. The lowest BCUT2D eigenvalue weighted by Gasteiger charge is -2.38. The van der Waals surface area contributed by atoms with Gasteiger partial charge in [-0.1, -0.05) is 0 Å². The average Bonchev–Trinajstić information content (AvgIpc) is 2.93. The van der Waals surface area contributed by atoms with Crippen LogP contribution in [0.15, 0.2) is 0 Å². The number of piperazine rings is 1. The van der Waals surface area contributed by atoms with E-state index in [4.69, 9.17) is 4.74 Å². The summed E-state index contributed by atoms with van der Waals surface area (Å²) >= 11 is 0. The van der Waals surface area contributed by atoms with E-state index in [-0.39, 0.29) is 30.6 Å². The maximum atomic E-state index is 12.5. The number of carbonyl (C=O) groups is 2. The van der Waals surface area contributed by atoms with Gasteiger partial charge in [0.05, 0.1) is 25.3 Å². The molecule has 7 heteroatoms. The molecule has 3 heterocycles. The second-order valence-corrected chi connectivity index (χ2v) is 7.41. The zero-order valence-corrected chi connectivity index (χ0v) is 14.9. The van der Waals surface area contributed by atoms with Crippen LogP contribution in [0.5, 0.6) is 0 Å². The van der Waals surface area contributed by atoms with Crippen LogP contribution in [0.2, 0.25) is 0 Å². The Hall–Kier alpha value is -1.18. The molecule has 0 aromatic rings. The molecule has 7 nitrogen and oxygen atoms in total. The molecule has 3 aliphatic rings. The number of hydrogen-bond acceptors (Lipinski definition) is 5. The van der Waals surface area contributed by atoms with Crippen LogP contribution in [0.1, 0.15) is 26.7 Å². The Kier molecular flexibility index (Phi) is 5.73. The molecule has 0 aliphatic carbocycles. The van der Waals surface area contributed by atoms with Crippen molar-refractivity contribution in [3.8, 4) is 0 Å². The van der Waals surface area contributed by atoms with E-state index in [1.807, 2.05) is 0 Å². The van der Waals surface area contributed by atoms with E-state index < -0.39 is 0 Å². The van der Waals surface area contributed by atoms with Crippen molar-refractivity contribution in [3.05, 3.63) is 0 Å². The van der Waals surface area contributed by atoms with Crippen molar-refractivity contribution in [1.82, 2.24) is 20.0 Å². The molecule has 3 unspecified atom stereocenters. The molecule has 1 N–H and O–H groups in total. The lowest BCUT2D eigenvalue weighted by atomic mass is 10.1. The fraction of sp³-hybridized carbons (Fsp3) is 0.882. The summed E-state index contributed by atoms with van der Waals surface area (Å²) in [7, 11) is 0. The van der Waals surface area contributed by atoms with Crippen LogP contribution in [0, 0.1) is 0 Å². The SMILES string of the molecule is CC1CN(CC2CCCN2CC(=O)N2CCNC(=O)C2)CC(C)O1. The highest BCUT2D eigenvalue weighted by Crippen LogP contribution is 2.20. The van der Waals surface area contributed by atoms with E-state index in [2.05, 4.69) is 29.0 Å². The normalized spacial score (nSPS) is 32.8. The van der Waals surface area contributed by atoms with Gasteiger partial charge in [0.25, 0.3) is 0 Å². The molecule has 3 rings (SSSR count). The molecule has 3 atom stereocenters. The first-order chi connectivity index (χ1) is 11.5. The molecule has 0 radical (unpaired) electrons. The van der Waals surface area contributed by atoms with Gasteiger partial charge >= 0.3 is 0 Å². The smallest absolute Gasteiger partial charge is 0.239 e. The first-order valence-corrected chi connectivity index (χ1v) is 9.17. The quantitative estimate of drug-likeness (QED) is 0.750. The van der Waals surface area contributed by atoms with Crippen LogP contribution in [-0.4, -0.2) is 97.1 Å². The zero-order chi connectivity index (χ0) is 17.1. The van der Waals surface area contributed by atoms with Crippen molar-refractivity contribution in [3.63, 3.8) is 0 Å². The monoisotopic (exact) mass is 338 g/mol. The highest BCUT2D eigenvalue weighted by Gasteiger charge is 2.32. The standard InChI is InChI=1S/C17H30N4O3/c1-13-8-19(9-14(2)24-13)10-15-4-3-6-20(15)12-17(23)21-7-5-18-16(22)11-21/h13-15H,3-12H2,1-2H3,(H,18,22). The second kappa shape index (κ2) is 7.80. The van der Waals surface area contributed by atoms with E-state index in [0.717, 1.165) is 39.0 Å². The number of amides is 2. The Morgan fingerprint density at radius 1 is 1.25 bits per heavy atom. The number of ether oxygens (including phenoxy) is 1. The maximum absolute atomic E-state index is 12.5. The van der Waals surface area contributed by atoms with Crippen molar-refractivity contribution in [2.24, 2.45) is 0 Å². The molecule has 2 amide bonds. The third-order valence-electron chi connectivity index (χ3n) is 5.19. The summed E-state index contributed by atoms with van der Waals surface area (Å²) in [5.74, 6) is 0.0318. The molecular weight excluding hydrogens is 308 g/mol. The summed E-state index contributed by atoms with van der Waals surface area (Å²) in [4.78, 5) is 30.4. The van der Waals surface area contributed by atoms with Gasteiger partial charge in [0.2, 0.25) is 11.8 Å². The van der Waals surface area contributed by atoms with Crippen LogP contribution in [-0.2, 0) is 14.3 Å². The Bertz CT molecular complexity index is 463. The zero-order valence-electron chi connectivity index (χ0n) is 14.9. The van der Waals surface area contributed by atoms with Crippen LogP contribution >= 0.6 is 0 Å². The lowest BCUT2D eigenvalue weighted by molar-refractivity contribution is -0.139. The van der Waals surface area contributed by atoms with Crippen molar-refractivity contribution >= 4 is 11.8 Å². The minimum absolute atomic E-state index is 0.0520. The minimum Gasteiger partial charge on any atom is -0.373 e. The molecule has 0 spiro atoms. The van der Waals surface area contributed by atoms with Crippen molar-refractivity contribution < 1.29 is 14.3 Å². The van der Waals surface area contributed by atoms with E-state index in [1.165, 1.54) is 0 Å². The average molecular weight is 338 g/mol. The van der Waals surface area contributed by atoms with Crippen LogP contribution < -0.4 is 5.32 Å². The predicted octanol–water partition coefficient (Wildman–Crippen LogP) is -0.482. The van der Waals surface area contributed by atoms with Crippen molar-refractivity contribution in [1.29, 1.82) is 0 Å². The number of morpholine rings is 1. The molecular formula is C17H30N4O3. The first-order valence-electron chi connectivity index (χ1n) is 9.17. The van der Waals surface area contributed by atoms with Crippen molar-refractivity contribution in [2.75, 3.05) is 52.4 Å². The number of hydrogen-bond donors (Lipinski definition) is 1. The number of nitrogens with one attached hydrogen (secondary N) is 1. The number of carbonyl (C=O) groups excluding carboxylic acids is 2. The summed E-state index contributed by atoms with van der Waals surface area (Å²) in [6, 6.07) is 0.435. The van der Waals surface area contributed by atoms with Gasteiger partial charge in [0.1, 0.15) is 0 Å². The van der Waals surface area contributed by atoms with Gasteiger partial charge in [-0.05, 0) is 33.2 Å². The van der Waals surface area contributed by atoms with Crippen molar-refractivity contribution in [2.45, 2.75) is 44.9 Å². The molecule has 0 aromatic heterocycles. The summed E-state index contributed by atoms with van der Waals surface area (Å²) < 4.78 is 5.81. The van der Waals surface area contributed by atoms with E-state index in [9.17, 15) is 9.59 Å². The fourth-order valence-electron chi connectivity index (χ4n) is 4.17. The van der Waals surface area contributed by atoms with Gasteiger partial charge in [-0.25, -0.2) is 0 Å². The Morgan fingerprint density at radius 3 is 2.71 bits per heavy atom. The van der Waals surface area contributed by atoms with Gasteiger partial charge in [-0.3, -0.25) is 19.4 Å². The van der Waals surface area contributed by atoms with E-state index in [1.54, 1.807) is 4.90 Å². The highest BCUT2D eigenvalue weighted by molar-refractivity contribution is 5.86. The van der Waals surface area contributed by atoms with Gasteiger partial charge in [-0.2, -0.15) is 0 Å². The summed E-state index contributed by atoms with van der Waals surface area (Å²) in [6.07, 6.45) is 2.84. The van der Waals surface area contributed by atoms with Crippen LogP contribution in [0.4, 0.5) is 0 Å². The molecule has 3 fully saturated rings. The highest BCUT2D eigenvalue weighted by atomic mass is 16.5. The topological polar surface area (TPSA) is 65.1 Å². The Labute approximate surface area is 144 Å². The molecule has 0 saturated carbocycles. The summed E-state index contributed by atoms with van der Waals surface area (Å²) in [5, 5.41) is 2.77. The first kappa shape index (κ1) is 17.6. The number of likely N-dealkylation sites (tertiary alicyclic amines) is 1. The van der Waals surface area contributed by atoms with E-state index >= 15 is 0 Å². The van der Waals surface area contributed by atoms with Crippen LogP contribution in [0.3, 0.4) is 0 Å². The predicted molar refractivity (Wildman–Crippen MR) is 90.6 cm³/mol. The van der Waals surface area contributed by atoms with E-state index in [0.29, 0.717) is 25.7 Å². The molecule has 3 saturated heterocycles. The largest absolute Gasteiger partial charge is 0.373 e. The molecule has 0 aromatic carbocycles. The van der Waals surface area contributed by atoms with Gasteiger partial charge in [0, 0.05) is 38.8 Å². The van der Waals surface area contributed by atoms with Gasteiger partial charge in [0.15, 0.2) is 0 Å². The van der Waals surface area contributed by atoms with Gasteiger partial charge < -0.3 is 15.0 Å². The summed E-state index contributed by atoms with van der Waals surface area (Å²) in [5.41, 5.74) is 0. The third-order valence-corrected chi connectivity index (χ3v) is 5.19. The minimum atomic E-state index is -0.0520. The Morgan fingerprint density at radius 2 is 2.00 bits per heavy atom. The molecule has 3 aliphatic heterocycles. The Balaban J connectivity index is 1.51. The van der Waals surface area contributed by atoms with Gasteiger partial charge in [-0.15, -0.1) is 0 Å². The van der Waals surface area contributed by atoms with Crippen LogP contribution in [0.25, 0.3) is 0 Å². The number of rotatable bonds is 4. The lowest BCUT2D eigenvalue weighted by Crippen LogP contribution is -2.54. The fourth-order valence-corrected chi connectivity index (χ4v) is 4.17. The second-order valence-electron chi connectivity index (χ2n) is 7.41.